The zero-order valence-corrected chi connectivity index (χ0v) is 14.9. The van der Waals surface area contributed by atoms with Crippen LogP contribution in [0.3, 0.4) is 0 Å². The Morgan fingerprint density at radius 2 is 2.04 bits per heavy atom. The van der Waals surface area contributed by atoms with E-state index in [9.17, 15) is 13.2 Å². The zero-order chi connectivity index (χ0) is 17.0. The summed E-state index contributed by atoms with van der Waals surface area (Å²) in [6, 6.07) is 5.72. The van der Waals surface area contributed by atoms with Gasteiger partial charge in [0, 0.05) is 13.1 Å². The van der Waals surface area contributed by atoms with E-state index in [4.69, 9.17) is 0 Å². The maximum Gasteiger partial charge on any atom is 0.238 e. The third-order valence-corrected chi connectivity index (χ3v) is 5.66. The summed E-state index contributed by atoms with van der Waals surface area (Å²) in [6.45, 7) is 5.09. The van der Waals surface area contributed by atoms with Crippen LogP contribution in [0.25, 0.3) is 0 Å². The highest BCUT2D eigenvalue weighted by Gasteiger charge is 2.34. The van der Waals surface area contributed by atoms with Crippen LogP contribution in [0.5, 0.6) is 0 Å². The molecule has 1 N–H and O–H groups in total. The van der Waals surface area contributed by atoms with E-state index in [1.165, 1.54) is 27.3 Å². The predicted octanol–water partition coefficient (Wildman–Crippen LogP) is 1.78. The minimum Gasteiger partial charge on any atom is -0.354 e. The van der Waals surface area contributed by atoms with Crippen LogP contribution in [-0.2, 0) is 21.2 Å². The molecule has 2 rings (SSSR count). The Balaban J connectivity index is 1.93. The molecule has 5 nitrogen and oxygen atoms in total. The molecule has 0 radical (unpaired) electrons. The highest BCUT2D eigenvalue weighted by Crippen LogP contribution is 2.20. The van der Waals surface area contributed by atoms with Gasteiger partial charge < -0.3 is 5.32 Å². The van der Waals surface area contributed by atoms with Gasteiger partial charge in [0.2, 0.25) is 15.9 Å². The molecule has 1 heterocycles. The first-order valence-corrected chi connectivity index (χ1v) is 9.94. The molecule has 0 aromatic heterocycles. The molecule has 23 heavy (non-hydrogen) atoms. The van der Waals surface area contributed by atoms with Gasteiger partial charge in [0.15, 0.2) is 0 Å². The second-order valence-corrected chi connectivity index (χ2v) is 8.29. The van der Waals surface area contributed by atoms with Gasteiger partial charge in [-0.15, -0.1) is 0 Å². The Labute approximate surface area is 139 Å². The highest BCUT2D eigenvalue weighted by atomic mass is 32.2. The molecule has 1 aliphatic heterocycles. The molecule has 1 saturated heterocycles. The Morgan fingerprint density at radius 1 is 1.30 bits per heavy atom. The van der Waals surface area contributed by atoms with E-state index in [2.05, 4.69) is 37.4 Å². The van der Waals surface area contributed by atoms with Gasteiger partial charge in [0.05, 0.1) is 6.26 Å². The van der Waals surface area contributed by atoms with Crippen LogP contribution in [0.2, 0.25) is 0 Å². The van der Waals surface area contributed by atoms with Crippen molar-refractivity contribution in [3.8, 4) is 0 Å². The lowest BCUT2D eigenvalue weighted by Gasteiger charge is -2.32. The second kappa shape index (κ2) is 7.45. The number of rotatable bonds is 5. The second-order valence-electron chi connectivity index (χ2n) is 6.36. The van der Waals surface area contributed by atoms with Crippen LogP contribution >= 0.6 is 0 Å². The summed E-state index contributed by atoms with van der Waals surface area (Å²) in [7, 11) is -3.34. The number of hydrogen-bond donors (Lipinski definition) is 1. The van der Waals surface area contributed by atoms with Crippen molar-refractivity contribution in [2.24, 2.45) is 0 Å². The Kier molecular flexibility index (Phi) is 5.81. The fourth-order valence-electron chi connectivity index (χ4n) is 3.13. The summed E-state index contributed by atoms with van der Waals surface area (Å²) < 4.78 is 25.0. The van der Waals surface area contributed by atoms with E-state index in [0.717, 1.165) is 19.3 Å². The number of carbonyl (C=O) groups excluding carboxylic acids is 1. The summed E-state index contributed by atoms with van der Waals surface area (Å²) in [5.41, 5.74) is 3.65. The van der Waals surface area contributed by atoms with E-state index in [0.29, 0.717) is 19.5 Å². The van der Waals surface area contributed by atoms with E-state index in [-0.39, 0.29) is 5.91 Å². The zero-order valence-electron chi connectivity index (χ0n) is 14.1. The van der Waals surface area contributed by atoms with Crippen molar-refractivity contribution in [3.63, 3.8) is 0 Å². The quantitative estimate of drug-likeness (QED) is 0.890. The number of piperidine rings is 1. The van der Waals surface area contributed by atoms with Crippen LogP contribution in [0.15, 0.2) is 18.2 Å². The first kappa shape index (κ1) is 17.9. The largest absolute Gasteiger partial charge is 0.354 e. The minimum atomic E-state index is -3.34. The van der Waals surface area contributed by atoms with Crippen molar-refractivity contribution in [1.82, 2.24) is 9.62 Å². The average Bonchev–Trinajstić information content (AvgIpc) is 2.48. The summed E-state index contributed by atoms with van der Waals surface area (Å²) in [5.74, 6) is -0.181. The summed E-state index contributed by atoms with van der Waals surface area (Å²) in [6.07, 6.45) is 4.24. The molecular weight excluding hydrogens is 312 g/mol. The van der Waals surface area contributed by atoms with Crippen molar-refractivity contribution < 1.29 is 13.2 Å². The Morgan fingerprint density at radius 3 is 2.70 bits per heavy atom. The standard InChI is InChI=1S/C17H26N2O3S/c1-13-7-8-15(14(2)12-13)9-10-18-17(20)16-6-4-5-11-19(16)23(3,21)22/h7-8,12,16H,4-6,9-11H2,1-3H3,(H,18,20). The van der Waals surface area contributed by atoms with E-state index >= 15 is 0 Å². The normalized spacial score (nSPS) is 19.5. The maximum atomic E-state index is 12.4. The first-order chi connectivity index (χ1) is 10.8. The molecule has 0 aliphatic carbocycles. The number of hydrogen-bond acceptors (Lipinski definition) is 3. The Bertz CT molecular complexity index is 670. The van der Waals surface area contributed by atoms with E-state index in [1.54, 1.807) is 0 Å². The van der Waals surface area contributed by atoms with Crippen LogP contribution < -0.4 is 5.32 Å². The average molecular weight is 338 g/mol. The van der Waals surface area contributed by atoms with Gasteiger partial charge in [-0.25, -0.2) is 8.42 Å². The fraction of sp³-hybridized carbons (Fsp3) is 0.588. The van der Waals surface area contributed by atoms with Gasteiger partial charge in [-0.3, -0.25) is 4.79 Å². The molecule has 0 spiro atoms. The molecule has 1 fully saturated rings. The number of nitrogens with zero attached hydrogens (tertiary/aromatic N) is 1. The lowest BCUT2D eigenvalue weighted by Crippen LogP contribution is -2.51. The third-order valence-electron chi connectivity index (χ3n) is 4.37. The number of aryl methyl sites for hydroxylation is 2. The first-order valence-electron chi connectivity index (χ1n) is 8.09. The van der Waals surface area contributed by atoms with Crippen LogP contribution in [0, 0.1) is 13.8 Å². The molecule has 1 unspecified atom stereocenters. The lowest BCUT2D eigenvalue weighted by molar-refractivity contribution is -0.125. The molecule has 0 bridgehead atoms. The Hall–Kier alpha value is -1.40. The van der Waals surface area contributed by atoms with E-state index in [1.807, 2.05) is 0 Å². The third kappa shape index (κ3) is 4.78. The SMILES string of the molecule is Cc1ccc(CCNC(=O)C2CCCCN2S(C)(=O)=O)c(C)c1. The van der Waals surface area contributed by atoms with Crippen LogP contribution in [0.4, 0.5) is 0 Å². The fourth-order valence-corrected chi connectivity index (χ4v) is 4.25. The molecule has 1 amide bonds. The maximum absolute atomic E-state index is 12.4. The smallest absolute Gasteiger partial charge is 0.238 e. The summed E-state index contributed by atoms with van der Waals surface area (Å²) >= 11 is 0. The van der Waals surface area contributed by atoms with Crippen LogP contribution in [-0.4, -0.2) is 44.0 Å². The molecule has 1 aromatic carbocycles. The van der Waals surface area contributed by atoms with Gasteiger partial charge in [0.1, 0.15) is 6.04 Å². The summed E-state index contributed by atoms with van der Waals surface area (Å²) in [4.78, 5) is 12.4. The van der Waals surface area contributed by atoms with Crippen molar-refractivity contribution in [1.29, 1.82) is 0 Å². The molecule has 0 saturated carbocycles. The van der Waals surface area contributed by atoms with Crippen molar-refractivity contribution >= 4 is 15.9 Å². The molecular formula is C17H26N2O3S. The number of amides is 1. The molecule has 1 aromatic rings. The number of carbonyl (C=O) groups is 1. The minimum absolute atomic E-state index is 0.181. The topological polar surface area (TPSA) is 66.5 Å². The van der Waals surface area contributed by atoms with Gasteiger partial charge in [-0.05, 0) is 44.2 Å². The van der Waals surface area contributed by atoms with Crippen molar-refractivity contribution in [2.45, 2.75) is 45.6 Å². The highest BCUT2D eigenvalue weighted by molar-refractivity contribution is 7.88. The monoisotopic (exact) mass is 338 g/mol. The molecule has 6 heteroatoms. The van der Waals surface area contributed by atoms with Gasteiger partial charge in [-0.2, -0.15) is 4.31 Å². The van der Waals surface area contributed by atoms with Crippen molar-refractivity contribution in [2.75, 3.05) is 19.3 Å². The summed E-state index contributed by atoms with van der Waals surface area (Å²) in [5, 5.41) is 2.90. The van der Waals surface area contributed by atoms with Crippen molar-refractivity contribution in [3.05, 3.63) is 34.9 Å². The van der Waals surface area contributed by atoms with Crippen LogP contribution in [0.1, 0.15) is 36.0 Å². The lowest BCUT2D eigenvalue weighted by atomic mass is 10.0. The van der Waals surface area contributed by atoms with Gasteiger partial charge in [0.25, 0.3) is 0 Å². The van der Waals surface area contributed by atoms with Gasteiger partial charge in [-0.1, -0.05) is 30.2 Å². The van der Waals surface area contributed by atoms with Gasteiger partial charge >= 0.3 is 0 Å². The number of nitrogens with one attached hydrogen (secondary N) is 1. The molecule has 128 valence electrons. The number of benzene rings is 1. The molecule has 1 atom stereocenters. The number of sulfonamides is 1. The van der Waals surface area contributed by atoms with E-state index < -0.39 is 16.1 Å². The predicted molar refractivity (Wildman–Crippen MR) is 91.8 cm³/mol. The molecule has 1 aliphatic rings.